The molecule has 1 spiro atoms. The molecule has 3 aromatic rings. The Hall–Kier alpha value is -2.46. The van der Waals surface area contributed by atoms with Crippen LogP contribution in [0.5, 0.6) is 0 Å². The van der Waals surface area contributed by atoms with E-state index in [-0.39, 0.29) is 36.7 Å². The van der Waals surface area contributed by atoms with E-state index in [0.717, 1.165) is 23.7 Å². The molecule has 1 saturated carbocycles. The zero-order chi connectivity index (χ0) is 24.4. The van der Waals surface area contributed by atoms with Crippen LogP contribution >= 0.6 is 11.6 Å². The van der Waals surface area contributed by atoms with E-state index in [1.165, 1.54) is 10.4 Å². The first-order valence-electron chi connectivity index (χ1n) is 11.8. The summed E-state index contributed by atoms with van der Waals surface area (Å²) in [5, 5.41) is 0.790. The van der Waals surface area contributed by atoms with Gasteiger partial charge < -0.3 is 14.6 Å². The number of sulfonamides is 1. The van der Waals surface area contributed by atoms with Crippen LogP contribution in [0.3, 0.4) is 0 Å². The van der Waals surface area contributed by atoms with Gasteiger partial charge >= 0.3 is 0 Å². The summed E-state index contributed by atoms with van der Waals surface area (Å²) in [6.07, 6.45) is 4.74. The second-order valence-corrected chi connectivity index (χ2v) is 11.9. The van der Waals surface area contributed by atoms with Gasteiger partial charge in [-0.3, -0.25) is 4.79 Å². The number of hydrogen-bond acceptors (Lipinski definition) is 4. The fraction of sp³-hybridized carbons (Fsp3) is 0.400. The average molecular weight is 518 g/mol. The summed E-state index contributed by atoms with van der Waals surface area (Å²) in [5.74, 6) is -0.948. The maximum Gasteiger partial charge on any atom is 0.248 e. The first kappa shape index (κ1) is 23.0. The van der Waals surface area contributed by atoms with Crippen LogP contribution < -0.4 is 0 Å². The molecule has 2 saturated heterocycles. The van der Waals surface area contributed by atoms with Gasteiger partial charge in [0.15, 0.2) is 5.82 Å². The van der Waals surface area contributed by atoms with Crippen molar-refractivity contribution in [3.8, 4) is 11.1 Å². The Bertz CT molecular complexity index is 1430. The van der Waals surface area contributed by atoms with E-state index in [0.29, 0.717) is 30.5 Å². The molecule has 1 aliphatic carbocycles. The van der Waals surface area contributed by atoms with Gasteiger partial charge in [0, 0.05) is 36.4 Å². The van der Waals surface area contributed by atoms with Gasteiger partial charge in [-0.05, 0) is 54.8 Å². The predicted octanol–water partition coefficient (Wildman–Crippen LogP) is 4.17. The van der Waals surface area contributed by atoms with E-state index in [1.807, 2.05) is 35.4 Å². The number of carbonyl (C=O) groups is 1. The van der Waals surface area contributed by atoms with Crippen molar-refractivity contribution >= 4 is 38.4 Å². The molecular weight excluding hydrogens is 493 g/mol. The Labute approximate surface area is 207 Å². The van der Waals surface area contributed by atoms with Gasteiger partial charge in [-0.1, -0.05) is 29.8 Å². The number of nitrogens with one attached hydrogen (secondary N) is 1. The number of fused-ring (bicyclic) bond motifs is 1. The van der Waals surface area contributed by atoms with Gasteiger partial charge in [-0.15, -0.1) is 0 Å². The Morgan fingerprint density at radius 2 is 1.89 bits per heavy atom. The molecule has 2 aliphatic heterocycles. The van der Waals surface area contributed by atoms with Crippen LogP contribution in [0, 0.1) is 5.82 Å². The van der Waals surface area contributed by atoms with Gasteiger partial charge in [-0.25, -0.2) is 12.8 Å². The largest absolute Gasteiger partial charge is 0.363 e. The van der Waals surface area contributed by atoms with E-state index in [4.69, 9.17) is 16.3 Å². The molecule has 35 heavy (non-hydrogen) atoms. The number of halogens is 2. The molecule has 10 heteroatoms. The predicted molar refractivity (Wildman–Crippen MR) is 130 cm³/mol. The number of carbonyl (C=O) groups excluding carboxylic acids is 1. The maximum absolute atomic E-state index is 15.4. The normalized spacial score (nSPS) is 21.2. The van der Waals surface area contributed by atoms with Gasteiger partial charge in [0.05, 0.1) is 17.2 Å². The van der Waals surface area contributed by atoms with Crippen molar-refractivity contribution < 1.29 is 22.3 Å². The number of morpholine rings is 1. The first-order chi connectivity index (χ1) is 16.8. The molecule has 1 aromatic heterocycles. The first-order valence-corrected chi connectivity index (χ1v) is 13.6. The third kappa shape index (κ3) is 3.94. The van der Waals surface area contributed by atoms with Gasteiger partial charge in [0.2, 0.25) is 15.9 Å². The van der Waals surface area contributed by atoms with Crippen molar-refractivity contribution in [2.24, 2.45) is 0 Å². The molecule has 7 nitrogen and oxygen atoms in total. The maximum atomic E-state index is 15.4. The number of H-pyrrole nitrogens is 1. The van der Waals surface area contributed by atoms with E-state index in [2.05, 4.69) is 4.98 Å². The lowest BCUT2D eigenvalue weighted by Crippen LogP contribution is -2.59. The summed E-state index contributed by atoms with van der Waals surface area (Å²) in [4.78, 5) is 16.8. The van der Waals surface area contributed by atoms with E-state index < -0.39 is 26.3 Å². The van der Waals surface area contributed by atoms with Gasteiger partial charge in [0.25, 0.3) is 0 Å². The molecule has 2 aromatic carbocycles. The summed E-state index contributed by atoms with van der Waals surface area (Å²) in [6, 6.07) is 10.6. The molecule has 3 heterocycles. The quantitative estimate of drug-likeness (QED) is 0.563. The van der Waals surface area contributed by atoms with Crippen LogP contribution in [0.4, 0.5) is 4.39 Å². The molecule has 0 unspecified atom stereocenters. The monoisotopic (exact) mass is 517 g/mol. The minimum absolute atomic E-state index is 0.000365. The standard InChI is InChI=1S/C25H25ClFN3O4S/c26-23-19(17-2-1-16-7-10-28-20(16)13-17)5-6-21(24(23)27)35(32,33)29-11-8-25(9-12-29)15-30(18-3-4-18)22(31)14-34-25/h1-2,5-7,10,13,18,28H,3-4,8-9,11-12,14-15H2. The summed E-state index contributed by atoms with van der Waals surface area (Å²) in [6.45, 7) is 0.905. The highest BCUT2D eigenvalue weighted by Crippen LogP contribution is 2.39. The number of aromatic nitrogens is 1. The zero-order valence-electron chi connectivity index (χ0n) is 19.0. The Kier molecular flexibility index (Phi) is 5.45. The van der Waals surface area contributed by atoms with Crippen LogP contribution in [0.25, 0.3) is 22.0 Å². The molecule has 184 valence electrons. The minimum Gasteiger partial charge on any atom is -0.363 e. The number of benzene rings is 2. The zero-order valence-corrected chi connectivity index (χ0v) is 20.5. The molecule has 6 rings (SSSR count). The Morgan fingerprint density at radius 3 is 2.63 bits per heavy atom. The topological polar surface area (TPSA) is 82.7 Å². The lowest BCUT2D eigenvalue weighted by Gasteiger charge is -2.46. The summed E-state index contributed by atoms with van der Waals surface area (Å²) in [7, 11) is -4.09. The smallest absolute Gasteiger partial charge is 0.248 e. The Morgan fingerprint density at radius 1 is 1.11 bits per heavy atom. The fourth-order valence-electron chi connectivity index (χ4n) is 5.21. The molecule has 1 amide bonds. The van der Waals surface area contributed by atoms with Gasteiger partial charge in [0.1, 0.15) is 11.5 Å². The summed E-state index contributed by atoms with van der Waals surface area (Å²) >= 11 is 6.36. The van der Waals surface area contributed by atoms with Crippen molar-refractivity contribution in [2.75, 3.05) is 26.2 Å². The molecule has 1 N–H and O–H groups in total. The molecule has 0 bridgehead atoms. The van der Waals surface area contributed by atoms with Crippen LogP contribution in [0.1, 0.15) is 25.7 Å². The Balaban J connectivity index is 1.23. The third-order valence-corrected chi connectivity index (χ3v) is 9.72. The average Bonchev–Trinajstić information content (AvgIpc) is 3.59. The molecule has 3 aliphatic rings. The second kappa shape index (κ2) is 8.30. The van der Waals surface area contributed by atoms with E-state index in [9.17, 15) is 13.2 Å². The lowest BCUT2D eigenvalue weighted by atomic mass is 9.90. The van der Waals surface area contributed by atoms with Crippen molar-refractivity contribution in [3.63, 3.8) is 0 Å². The van der Waals surface area contributed by atoms with Crippen molar-refractivity contribution in [1.29, 1.82) is 0 Å². The van der Waals surface area contributed by atoms with Crippen molar-refractivity contribution in [2.45, 2.75) is 42.2 Å². The fourth-order valence-corrected chi connectivity index (χ4v) is 7.05. The van der Waals surface area contributed by atoms with Crippen LogP contribution in [-0.4, -0.2) is 66.4 Å². The number of rotatable bonds is 4. The van der Waals surface area contributed by atoms with Crippen molar-refractivity contribution in [1.82, 2.24) is 14.2 Å². The lowest BCUT2D eigenvalue weighted by molar-refractivity contribution is -0.170. The highest BCUT2D eigenvalue weighted by atomic mass is 35.5. The highest BCUT2D eigenvalue weighted by Gasteiger charge is 2.47. The number of nitrogens with zero attached hydrogens (tertiary/aromatic N) is 2. The number of aromatic amines is 1. The van der Waals surface area contributed by atoms with Crippen LogP contribution in [-0.2, 0) is 19.6 Å². The third-order valence-electron chi connectivity index (χ3n) is 7.43. The number of ether oxygens (including phenoxy) is 1. The van der Waals surface area contributed by atoms with E-state index >= 15 is 4.39 Å². The van der Waals surface area contributed by atoms with Crippen LogP contribution in [0.15, 0.2) is 47.5 Å². The molecular formula is C25H25ClFN3O4S. The minimum atomic E-state index is -4.09. The second-order valence-electron chi connectivity index (χ2n) is 9.65. The summed E-state index contributed by atoms with van der Waals surface area (Å²) in [5.41, 5.74) is 1.46. The molecule has 3 fully saturated rings. The SMILES string of the molecule is O=C1COC2(CCN(S(=O)(=O)c3ccc(-c4ccc5cc[nH]c5c4)c(Cl)c3F)CC2)CN1C1CC1. The summed E-state index contributed by atoms with van der Waals surface area (Å²) < 4.78 is 49.3. The van der Waals surface area contributed by atoms with Gasteiger partial charge in [-0.2, -0.15) is 4.31 Å². The number of piperidine rings is 1. The number of hydrogen-bond donors (Lipinski definition) is 1. The molecule has 0 radical (unpaired) electrons. The van der Waals surface area contributed by atoms with Crippen LogP contribution in [0.2, 0.25) is 5.02 Å². The molecule has 0 atom stereocenters. The number of amides is 1. The van der Waals surface area contributed by atoms with Crippen molar-refractivity contribution in [3.05, 3.63) is 53.4 Å². The van der Waals surface area contributed by atoms with E-state index in [1.54, 1.807) is 6.07 Å². The highest BCUT2D eigenvalue weighted by molar-refractivity contribution is 7.89.